The van der Waals surface area contributed by atoms with Gasteiger partial charge in [0, 0.05) is 36.5 Å². The maximum absolute atomic E-state index is 12.9. The summed E-state index contributed by atoms with van der Waals surface area (Å²) in [5, 5.41) is 0. The van der Waals surface area contributed by atoms with Gasteiger partial charge in [0.1, 0.15) is 0 Å². The lowest BCUT2D eigenvalue weighted by Gasteiger charge is -2.27. The molecule has 1 aromatic rings. The summed E-state index contributed by atoms with van der Waals surface area (Å²) in [7, 11) is 0. The van der Waals surface area contributed by atoms with Crippen LogP contribution in [-0.4, -0.2) is 35.1 Å². The highest BCUT2D eigenvalue weighted by Crippen LogP contribution is 2.30. The van der Waals surface area contributed by atoms with E-state index in [0.717, 1.165) is 18.3 Å². The maximum Gasteiger partial charge on any atom is 0.412 e. The highest BCUT2D eigenvalue weighted by molar-refractivity contribution is 5.94. The molecule has 102 valence electrons. The number of amides is 1. The van der Waals surface area contributed by atoms with Crippen LogP contribution in [0.2, 0.25) is 0 Å². The van der Waals surface area contributed by atoms with Crippen LogP contribution in [0.1, 0.15) is 16.8 Å². The summed E-state index contributed by atoms with van der Waals surface area (Å²) < 4.78 is 50.1. The van der Waals surface area contributed by atoms with Crippen molar-refractivity contribution in [1.82, 2.24) is 9.88 Å². The van der Waals surface area contributed by atoms with Gasteiger partial charge in [0.05, 0.1) is 0 Å². The SMILES string of the molecule is O=C(c1ccnc(F)c1)N1CC=C(C(F)(F)F)CC1. The van der Waals surface area contributed by atoms with Crippen LogP contribution in [0, 0.1) is 5.95 Å². The molecular weight excluding hydrogens is 264 g/mol. The molecule has 19 heavy (non-hydrogen) atoms. The van der Waals surface area contributed by atoms with Crippen LogP contribution >= 0.6 is 0 Å². The van der Waals surface area contributed by atoms with Gasteiger partial charge in [0.15, 0.2) is 0 Å². The number of pyridine rings is 1. The minimum Gasteiger partial charge on any atom is -0.335 e. The van der Waals surface area contributed by atoms with Crippen molar-refractivity contribution in [1.29, 1.82) is 0 Å². The summed E-state index contributed by atoms with van der Waals surface area (Å²) in [6.07, 6.45) is -2.47. The maximum atomic E-state index is 12.9. The summed E-state index contributed by atoms with van der Waals surface area (Å²) >= 11 is 0. The molecule has 0 radical (unpaired) electrons. The fourth-order valence-corrected chi connectivity index (χ4v) is 1.83. The molecule has 0 bridgehead atoms. The van der Waals surface area contributed by atoms with Crippen LogP contribution in [0.3, 0.4) is 0 Å². The third-order valence-electron chi connectivity index (χ3n) is 2.83. The van der Waals surface area contributed by atoms with E-state index in [1.807, 2.05) is 0 Å². The predicted octanol–water partition coefficient (Wildman–Crippen LogP) is 2.56. The Bertz CT molecular complexity index is 525. The molecule has 2 heterocycles. The number of alkyl halides is 3. The molecule has 3 nitrogen and oxygen atoms in total. The number of carbonyl (C=O) groups excluding carboxylic acids is 1. The zero-order chi connectivity index (χ0) is 14.0. The van der Waals surface area contributed by atoms with Gasteiger partial charge in [-0.25, -0.2) is 4.98 Å². The minimum atomic E-state index is -4.35. The third-order valence-corrected chi connectivity index (χ3v) is 2.83. The highest BCUT2D eigenvalue weighted by Gasteiger charge is 2.35. The Hall–Kier alpha value is -1.92. The minimum absolute atomic E-state index is 0.0336. The summed E-state index contributed by atoms with van der Waals surface area (Å²) in [4.78, 5) is 16.5. The van der Waals surface area contributed by atoms with Crippen LogP contribution in [0.4, 0.5) is 17.6 Å². The molecule has 0 fully saturated rings. The molecule has 0 aromatic carbocycles. The van der Waals surface area contributed by atoms with E-state index >= 15 is 0 Å². The first-order valence-corrected chi connectivity index (χ1v) is 5.55. The van der Waals surface area contributed by atoms with Gasteiger partial charge in [-0.05, 0) is 12.5 Å². The molecule has 0 saturated carbocycles. The molecule has 1 aliphatic heterocycles. The summed E-state index contributed by atoms with van der Waals surface area (Å²) in [5.41, 5.74) is -0.547. The van der Waals surface area contributed by atoms with E-state index < -0.39 is 23.6 Å². The van der Waals surface area contributed by atoms with E-state index in [9.17, 15) is 22.4 Å². The standard InChI is InChI=1S/C12H10F4N2O/c13-10-7-8(1-4-17-10)11(19)18-5-2-9(3-6-18)12(14,15)16/h1-2,4,7H,3,5-6H2. The van der Waals surface area contributed by atoms with Crippen molar-refractivity contribution < 1.29 is 22.4 Å². The quantitative estimate of drug-likeness (QED) is 0.448. The second-order valence-electron chi connectivity index (χ2n) is 4.10. The van der Waals surface area contributed by atoms with Gasteiger partial charge in [-0.3, -0.25) is 4.79 Å². The molecule has 0 spiro atoms. The second-order valence-corrected chi connectivity index (χ2v) is 4.10. The van der Waals surface area contributed by atoms with Crippen LogP contribution in [0.5, 0.6) is 0 Å². The lowest BCUT2D eigenvalue weighted by molar-refractivity contribution is -0.0957. The average molecular weight is 274 g/mol. The molecule has 1 aromatic heterocycles. The Labute approximate surface area is 106 Å². The van der Waals surface area contributed by atoms with Gasteiger partial charge in [0.25, 0.3) is 5.91 Å². The van der Waals surface area contributed by atoms with Crippen molar-refractivity contribution in [3.63, 3.8) is 0 Å². The number of hydrogen-bond donors (Lipinski definition) is 0. The normalized spacial score (nSPS) is 16.2. The first kappa shape index (κ1) is 13.5. The van der Waals surface area contributed by atoms with E-state index in [4.69, 9.17) is 0 Å². The lowest BCUT2D eigenvalue weighted by atomic mass is 10.1. The third kappa shape index (κ3) is 3.10. The molecule has 1 aliphatic rings. The van der Waals surface area contributed by atoms with Crippen molar-refractivity contribution in [2.45, 2.75) is 12.6 Å². The number of carbonyl (C=O) groups is 1. The largest absolute Gasteiger partial charge is 0.412 e. The number of hydrogen-bond acceptors (Lipinski definition) is 2. The first-order valence-electron chi connectivity index (χ1n) is 5.55. The Kier molecular flexibility index (Phi) is 3.55. The fraction of sp³-hybridized carbons (Fsp3) is 0.333. The molecule has 0 N–H and O–H groups in total. The van der Waals surface area contributed by atoms with Gasteiger partial charge in [-0.15, -0.1) is 0 Å². The fourth-order valence-electron chi connectivity index (χ4n) is 1.83. The van der Waals surface area contributed by atoms with Gasteiger partial charge in [-0.2, -0.15) is 17.6 Å². The summed E-state index contributed by atoms with van der Waals surface area (Å²) in [6.45, 7) is -0.161. The molecule has 7 heteroatoms. The monoisotopic (exact) mass is 274 g/mol. The average Bonchev–Trinajstić information content (AvgIpc) is 2.37. The van der Waals surface area contributed by atoms with Gasteiger partial charge in [0.2, 0.25) is 5.95 Å². The van der Waals surface area contributed by atoms with Crippen molar-refractivity contribution >= 4 is 5.91 Å². The molecule has 1 amide bonds. The second kappa shape index (κ2) is 4.99. The van der Waals surface area contributed by atoms with Crippen molar-refractivity contribution in [2.75, 3.05) is 13.1 Å². The number of aromatic nitrogens is 1. The number of halogens is 4. The van der Waals surface area contributed by atoms with Crippen LogP contribution in [0.25, 0.3) is 0 Å². The zero-order valence-electron chi connectivity index (χ0n) is 9.75. The molecule has 0 unspecified atom stereocenters. The van der Waals surface area contributed by atoms with Gasteiger partial charge >= 0.3 is 6.18 Å². The van der Waals surface area contributed by atoms with Crippen LogP contribution in [0.15, 0.2) is 30.0 Å². The molecular formula is C12H10F4N2O. The lowest BCUT2D eigenvalue weighted by Crippen LogP contribution is -2.36. The van der Waals surface area contributed by atoms with Gasteiger partial charge in [-0.1, -0.05) is 6.08 Å². The summed E-state index contributed by atoms with van der Waals surface area (Å²) in [5.74, 6) is -1.30. The van der Waals surface area contributed by atoms with Crippen molar-refractivity contribution in [3.05, 3.63) is 41.5 Å². The zero-order valence-corrected chi connectivity index (χ0v) is 9.75. The molecule has 2 rings (SSSR count). The number of rotatable bonds is 1. The van der Waals surface area contributed by atoms with Crippen LogP contribution < -0.4 is 0 Å². The number of nitrogens with zero attached hydrogens (tertiary/aromatic N) is 2. The topological polar surface area (TPSA) is 33.2 Å². The Morgan fingerprint density at radius 3 is 2.63 bits per heavy atom. The van der Waals surface area contributed by atoms with E-state index in [1.54, 1.807) is 0 Å². The van der Waals surface area contributed by atoms with E-state index in [2.05, 4.69) is 4.98 Å². The van der Waals surface area contributed by atoms with E-state index in [1.165, 1.54) is 11.0 Å². The Morgan fingerprint density at radius 2 is 2.11 bits per heavy atom. The van der Waals surface area contributed by atoms with Crippen molar-refractivity contribution in [2.24, 2.45) is 0 Å². The summed E-state index contributed by atoms with van der Waals surface area (Å²) in [6, 6.07) is 2.29. The smallest absolute Gasteiger partial charge is 0.335 e. The van der Waals surface area contributed by atoms with E-state index in [-0.39, 0.29) is 25.1 Å². The Balaban J connectivity index is 2.10. The van der Waals surface area contributed by atoms with Crippen molar-refractivity contribution in [3.8, 4) is 0 Å². The highest BCUT2D eigenvalue weighted by atomic mass is 19.4. The van der Waals surface area contributed by atoms with E-state index in [0.29, 0.717) is 0 Å². The van der Waals surface area contributed by atoms with Crippen LogP contribution in [-0.2, 0) is 0 Å². The first-order chi connectivity index (χ1) is 8.88. The molecule has 0 atom stereocenters. The predicted molar refractivity (Wildman–Crippen MR) is 58.9 cm³/mol. The molecule has 0 saturated heterocycles. The molecule has 0 aliphatic carbocycles. The van der Waals surface area contributed by atoms with Gasteiger partial charge < -0.3 is 4.90 Å². The Morgan fingerprint density at radius 1 is 1.37 bits per heavy atom.